The summed E-state index contributed by atoms with van der Waals surface area (Å²) in [6.45, 7) is 4.22. The molecule has 0 bridgehead atoms. The third-order valence-corrected chi connectivity index (χ3v) is 7.63. The van der Waals surface area contributed by atoms with Gasteiger partial charge in [0.15, 0.2) is 5.65 Å². The first-order valence-electron chi connectivity index (χ1n) is 9.88. The first-order valence-corrected chi connectivity index (χ1v) is 12.1. The highest BCUT2D eigenvalue weighted by Crippen LogP contribution is 2.31. The van der Waals surface area contributed by atoms with Gasteiger partial charge >= 0.3 is 0 Å². The quantitative estimate of drug-likeness (QED) is 0.647. The number of rotatable bonds is 4. The van der Waals surface area contributed by atoms with Crippen LogP contribution in [0.25, 0.3) is 11.0 Å². The van der Waals surface area contributed by atoms with Crippen molar-refractivity contribution in [2.24, 2.45) is 0 Å². The van der Waals surface area contributed by atoms with Crippen LogP contribution < -0.4 is 5.32 Å². The van der Waals surface area contributed by atoms with E-state index in [2.05, 4.69) is 29.2 Å². The third-order valence-electron chi connectivity index (χ3n) is 5.51. The summed E-state index contributed by atoms with van der Waals surface area (Å²) in [6, 6.07) is 7.65. The fraction of sp³-hybridized carbons (Fsp3) is 0.381. The zero-order chi connectivity index (χ0) is 21.5. The molecule has 1 aromatic carbocycles. The Kier molecular flexibility index (Phi) is 5.55. The topological polar surface area (TPSA) is 93.9 Å². The minimum absolute atomic E-state index is 0.0475. The number of fused-ring (bicyclic) bond motifs is 1. The molecular weight excluding hydrogens is 424 g/mol. The normalized spacial score (nSPS) is 16.8. The van der Waals surface area contributed by atoms with Gasteiger partial charge in [-0.1, -0.05) is 37.6 Å². The predicted octanol–water partition coefficient (Wildman–Crippen LogP) is 4.21. The van der Waals surface area contributed by atoms with Gasteiger partial charge < -0.3 is 5.32 Å². The van der Waals surface area contributed by atoms with Crippen LogP contribution in [0.2, 0.25) is 5.02 Å². The summed E-state index contributed by atoms with van der Waals surface area (Å²) in [5.41, 5.74) is 2.70. The number of carbonyl (C=O) groups excluding carboxylic acids is 1. The number of carbonyl (C=O) groups is 1. The molecule has 0 saturated carbocycles. The Morgan fingerprint density at radius 2 is 1.83 bits per heavy atom. The Morgan fingerprint density at radius 3 is 2.47 bits per heavy atom. The Balaban J connectivity index is 1.57. The molecule has 9 heteroatoms. The van der Waals surface area contributed by atoms with Crippen molar-refractivity contribution in [3.05, 3.63) is 52.8 Å². The van der Waals surface area contributed by atoms with Gasteiger partial charge in [0.25, 0.3) is 5.91 Å². The molecule has 1 aliphatic heterocycles. The number of amides is 1. The van der Waals surface area contributed by atoms with Crippen molar-refractivity contribution in [3.63, 3.8) is 0 Å². The van der Waals surface area contributed by atoms with Gasteiger partial charge in [0, 0.05) is 11.9 Å². The molecule has 2 aromatic heterocycles. The lowest BCUT2D eigenvalue weighted by Gasteiger charge is -2.22. The summed E-state index contributed by atoms with van der Waals surface area (Å²) in [6.07, 6.45) is 4.02. The summed E-state index contributed by atoms with van der Waals surface area (Å²) in [4.78, 5) is 17.2. The number of hydrogen-bond acceptors (Lipinski definition) is 5. The molecule has 0 radical (unpaired) electrons. The highest BCUT2D eigenvalue weighted by Gasteiger charge is 2.27. The highest BCUT2D eigenvalue weighted by molar-refractivity contribution is 7.91. The number of sulfone groups is 1. The molecule has 1 saturated heterocycles. The van der Waals surface area contributed by atoms with Crippen molar-refractivity contribution in [1.29, 1.82) is 0 Å². The fourth-order valence-corrected chi connectivity index (χ4v) is 5.40. The zero-order valence-electron chi connectivity index (χ0n) is 16.8. The molecule has 7 nitrogen and oxygen atoms in total. The van der Waals surface area contributed by atoms with Crippen LogP contribution in [0.15, 0.2) is 36.7 Å². The summed E-state index contributed by atoms with van der Waals surface area (Å²) in [5, 5.41) is 8.09. The van der Waals surface area contributed by atoms with Gasteiger partial charge in [0.2, 0.25) is 0 Å². The average Bonchev–Trinajstić information content (AvgIpc) is 3.13. The largest absolute Gasteiger partial charge is 0.322 e. The van der Waals surface area contributed by atoms with Crippen LogP contribution in [0.1, 0.15) is 54.6 Å². The Morgan fingerprint density at radius 1 is 1.17 bits per heavy atom. The van der Waals surface area contributed by atoms with Crippen molar-refractivity contribution in [3.8, 4) is 0 Å². The monoisotopic (exact) mass is 446 g/mol. The summed E-state index contributed by atoms with van der Waals surface area (Å²) in [5.74, 6) is 0.353. The SMILES string of the molecule is CC(C)c1ccc(NC(=O)c2cnc3c(cnn3C3CCS(=O)(=O)CC3)c2Cl)cc1. The first kappa shape index (κ1) is 20.8. The lowest BCUT2D eigenvalue weighted by molar-refractivity contribution is 0.102. The van der Waals surface area contributed by atoms with E-state index in [-0.39, 0.29) is 34.0 Å². The lowest BCUT2D eigenvalue weighted by atomic mass is 10.0. The minimum atomic E-state index is -2.96. The maximum absolute atomic E-state index is 12.7. The molecule has 1 aliphatic rings. The molecule has 158 valence electrons. The van der Waals surface area contributed by atoms with Crippen LogP contribution in [0.3, 0.4) is 0 Å². The third kappa shape index (κ3) is 4.06. The van der Waals surface area contributed by atoms with Crippen LogP contribution in [0.5, 0.6) is 0 Å². The molecule has 0 spiro atoms. The lowest BCUT2D eigenvalue weighted by Crippen LogP contribution is -2.26. The van der Waals surface area contributed by atoms with Crippen LogP contribution in [-0.4, -0.2) is 40.6 Å². The van der Waals surface area contributed by atoms with E-state index in [1.54, 1.807) is 10.9 Å². The number of halogens is 1. The summed E-state index contributed by atoms with van der Waals surface area (Å²) in [7, 11) is -2.96. The fourth-order valence-electron chi connectivity index (χ4n) is 3.66. The average molecular weight is 447 g/mol. The summed E-state index contributed by atoms with van der Waals surface area (Å²) >= 11 is 6.52. The number of nitrogens with one attached hydrogen (secondary N) is 1. The highest BCUT2D eigenvalue weighted by atomic mass is 35.5. The smallest absolute Gasteiger partial charge is 0.258 e. The van der Waals surface area contributed by atoms with E-state index in [0.717, 1.165) is 0 Å². The van der Waals surface area contributed by atoms with Crippen molar-refractivity contribution >= 4 is 44.1 Å². The van der Waals surface area contributed by atoms with Crippen molar-refractivity contribution in [2.75, 3.05) is 16.8 Å². The van der Waals surface area contributed by atoms with Crippen molar-refractivity contribution < 1.29 is 13.2 Å². The Labute approximate surface area is 180 Å². The number of anilines is 1. The van der Waals surface area contributed by atoms with Gasteiger partial charge in [-0.15, -0.1) is 0 Å². The van der Waals surface area contributed by atoms with Crippen LogP contribution >= 0.6 is 11.6 Å². The van der Waals surface area contributed by atoms with E-state index in [0.29, 0.717) is 35.5 Å². The van der Waals surface area contributed by atoms with Crippen molar-refractivity contribution in [2.45, 2.75) is 38.6 Å². The van der Waals surface area contributed by atoms with Crippen molar-refractivity contribution in [1.82, 2.24) is 14.8 Å². The molecule has 3 aromatic rings. The number of aromatic nitrogens is 3. The Bertz CT molecular complexity index is 1190. The maximum Gasteiger partial charge on any atom is 0.258 e. The molecular formula is C21H23ClN4O3S. The van der Waals surface area contributed by atoms with E-state index in [1.165, 1.54) is 11.8 Å². The Hall–Kier alpha value is -2.45. The maximum atomic E-state index is 12.7. The van der Waals surface area contributed by atoms with Gasteiger partial charge in [0.1, 0.15) is 9.84 Å². The van der Waals surface area contributed by atoms with Gasteiger partial charge in [-0.2, -0.15) is 5.10 Å². The number of pyridine rings is 1. The molecule has 30 heavy (non-hydrogen) atoms. The molecule has 1 N–H and O–H groups in total. The van der Waals surface area contributed by atoms with E-state index in [4.69, 9.17) is 11.6 Å². The number of benzene rings is 1. The second kappa shape index (κ2) is 8.00. The van der Waals surface area contributed by atoms with E-state index in [1.807, 2.05) is 24.3 Å². The standard InChI is InChI=1S/C21H23ClN4O3S/c1-13(2)14-3-5-15(6-4-14)25-21(27)18-11-23-20-17(19(18)22)12-24-26(20)16-7-9-30(28,29)10-8-16/h3-6,11-13,16H,7-10H2,1-2H3,(H,25,27). The van der Waals surface area contributed by atoms with Crippen LogP contribution in [0, 0.1) is 0 Å². The van der Waals surface area contributed by atoms with Gasteiger partial charge in [-0.05, 0) is 36.5 Å². The molecule has 3 heterocycles. The second-order valence-electron chi connectivity index (χ2n) is 7.93. The van der Waals surface area contributed by atoms with E-state index in [9.17, 15) is 13.2 Å². The molecule has 1 amide bonds. The molecule has 0 atom stereocenters. The predicted molar refractivity (Wildman–Crippen MR) is 118 cm³/mol. The van der Waals surface area contributed by atoms with Gasteiger partial charge in [-0.3, -0.25) is 4.79 Å². The molecule has 4 rings (SSSR count). The molecule has 1 fully saturated rings. The van der Waals surface area contributed by atoms with Gasteiger partial charge in [-0.25, -0.2) is 18.1 Å². The minimum Gasteiger partial charge on any atom is -0.322 e. The second-order valence-corrected chi connectivity index (χ2v) is 10.6. The van der Waals surface area contributed by atoms with E-state index >= 15 is 0 Å². The summed E-state index contributed by atoms with van der Waals surface area (Å²) < 4.78 is 25.1. The number of hydrogen-bond donors (Lipinski definition) is 1. The zero-order valence-corrected chi connectivity index (χ0v) is 18.4. The van der Waals surface area contributed by atoms with Crippen LogP contribution in [0.4, 0.5) is 5.69 Å². The molecule has 0 unspecified atom stereocenters. The first-order chi connectivity index (χ1) is 14.2. The van der Waals surface area contributed by atoms with Gasteiger partial charge in [0.05, 0.1) is 39.7 Å². The molecule has 0 aliphatic carbocycles. The van der Waals surface area contributed by atoms with Crippen LogP contribution in [-0.2, 0) is 9.84 Å². The number of nitrogens with zero attached hydrogens (tertiary/aromatic N) is 3. The van der Waals surface area contributed by atoms with E-state index < -0.39 is 9.84 Å².